The van der Waals surface area contributed by atoms with E-state index in [0.717, 1.165) is 75.8 Å². The number of aromatic nitrogens is 1. The summed E-state index contributed by atoms with van der Waals surface area (Å²) in [6, 6.07) is 2.44. The quantitative estimate of drug-likeness (QED) is 0.855. The molecule has 1 fully saturated rings. The number of pyridine rings is 1. The van der Waals surface area contributed by atoms with Crippen LogP contribution in [0.5, 0.6) is 0 Å². The molecule has 2 aliphatic rings. The molecule has 6 nitrogen and oxygen atoms in total. The normalized spacial score (nSPS) is 20.2. The van der Waals surface area contributed by atoms with Crippen LogP contribution in [0.15, 0.2) is 0 Å². The predicted octanol–water partition coefficient (Wildman–Crippen LogP) is 2.38. The molecule has 1 aromatic rings. The molecule has 6 heteroatoms. The van der Waals surface area contributed by atoms with E-state index in [9.17, 15) is 5.26 Å². The fourth-order valence-corrected chi connectivity index (χ4v) is 3.79. The molecule has 0 aromatic carbocycles. The van der Waals surface area contributed by atoms with E-state index in [1.54, 1.807) is 0 Å². The molecule has 3 rings (SSSR count). The molecule has 1 atom stereocenters. The van der Waals surface area contributed by atoms with Gasteiger partial charge in [-0.1, -0.05) is 0 Å². The number of fused-ring (bicyclic) bond motifs is 1. The second-order valence-corrected chi connectivity index (χ2v) is 6.90. The maximum Gasteiger partial charge on any atom is 0.149 e. The number of hydrogen-bond donors (Lipinski definition) is 1. The largest absolute Gasteiger partial charge is 0.376 e. The van der Waals surface area contributed by atoms with Crippen LogP contribution in [0.2, 0.25) is 0 Å². The molecule has 2 aliphatic heterocycles. The molecule has 1 aromatic heterocycles. The van der Waals surface area contributed by atoms with Crippen LogP contribution in [0.1, 0.15) is 43.4 Å². The van der Waals surface area contributed by atoms with Gasteiger partial charge in [0.1, 0.15) is 17.7 Å². The lowest BCUT2D eigenvalue weighted by molar-refractivity contribution is 0.120. The van der Waals surface area contributed by atoms with Crippen molar-refractivity contribution in [2.24, 2.45) is 0 Å². The first-order valence-electron chi connectivity index (χ1n) is 9.42. The number of nitriles is 1. The minimum atomic E-state index is 0.270. The lowest BCUT2D eigenvalue weighted by Crippen LogP contribution is -2.32. The summed E-state index contributed by atoms with van der Waals surface area (Å²) < 4.78 is 5.74. The minimum Gasteiger partial charge on any atom is -0.376 e. The number of likely N-dealkylation sites (N-methyl/N-ethyl adjacent to an activating group) is 1. The summed E-state index contributed by atoms with van der Waals surface area (Å²) in [5.74, 6) is 1.75. The van der Waals surface area contributed by atoms with Gasteiger partial charge in [-0.05, 0) is 45.7 Å². The highest BCUT2D eigenvalue weighted by atomic mass is 16.5. The number of rotatable bonds is 6. The van der Waals surface area contributed by atoms with Crippen molar-refractivity contribution >= 4 is 11.6 Å². The number of ether oxygens (including phenoxy) is 1. The van der Waals surface area contributed by atoms with Crippen molar-refractivity contribution in [2.75, 3.05) is 50.1 Å². The molecule has 136 valence electrons. The third-order valence-corrected chi connectivity index (χ3v) is 5.26. The van der Waals surface area contributed by atoms with Gasteiger partial charge in [-0.15, -0.1) is 0 Å². The zero-order chi connectivity index (χ0) is 17.8. The molecule has 1 saturated heterocycles. The van der Waals surface area contributed by atoms with E-state index in [1.807, 2.05) is 0 Å². The third-order valence-electron chi connectivity index (χ3n) is 5.26. The lowest BCUT2D eigenvalue weighted by Gasteiger charge is -2.31. The summed E-state index contributed by atoms with van der Waals surface area (Å²) >= 11 is 0. The van der Waals surface area contributed by atoms with Crippen LogP contribution < -0.4 is 10.2 Å². The SMILES string of the molecule is CCN(CC)c1nc(NCC2CCCO2)c2c(c1C#N)CCN(C)C2. The molecule has 0 saturated carbocycles. The fraction of sp³-hybridized carbons (Fsp3) is 0.684. The first kappa shape index (κ1) is 18.0. The van der Waals surface area contributed by atoms with E-state index >= 15 is 0 Å². The summed E-state index contributed by atoms with van der Waals surface area (Å²) in [6.07, 6.45) is 3.42. The Kier molecular flexibility index (Phi) is 5.77. The van der Waals surface area contributed by atoms with Crippen LogP contribution in [0.25, 0.3) is 0 Å². The van der Waals surface area contributed by atoms with E-state index in [4.69, 9.17) is 9.72 Å². The Balaban J connectivity index is 1.99. The second-order valence-electron chi connectivity index (χ2n) is 6.90. The van der Waals surface area contributed by atoms with Crippen LogP contribution in [0.4, 0.5) is 11.6 Å². The average Bonchev–Trinajstić information content (AvgIpc) is 3.14. The van der Waals surface area contributed by atoms with Crippen LogP contribution in [0.3, 0.4) is 0 Å². The minimum absolute atomic E-state index is 0.270. The Labute approximate surface area is 150 Å². The highest BCUT2D eigenvalue weighted by Gasteiger charge is 2.26. The number of hydrogen-bond acceptors (Lipinski definition) is 6. The number of nitrogens with zero attached hydrogens (tertiary/aromatic N) is 4. The average molecular weight is 343 g/mol. The summed E-state index contributed by atoms with van der Waals surface area (Å²) in [5, 5.41) is 13.3. The van der Waals surface area contributed by atoms with Gasteiger partial charge in [0.2, 0.25) is 0 Å². The summed E-state index contributed by atoms with van der Waals surface area (Å²) in [6.45, 7) is 9.38. The lowest BCUT2D eigenvalue weighted by atomic mass is 9.95. The third kappa shape index (κ3) is 3.73. The second kappa shape index (κ2) is 8.03. The number of nitrogens with one attached hydrogen (secondary N) is 1. The summed E-state index contributed by atoms with van der Waals surface area (Å²) in [7, 11) is 2.12. The molecule has 0 spiro atoms. The maximum atomic E-state index is 9.80. The summed E-state index contributed by atoms with van der Waals surface area (Å²) in [5.41, 5.74) is 3.11. The Morgan fingerprint density at radius 2 is 2.16 bits per heavy atom. The Morgan fingerprint density at radius 3 is 2.80 bits per heavy atom. The van der Waals surface area contributed by atoms with Crippen molar-refractivity contribution in [2.45, 2.75) is 45.8 Å². The van der Waals surface area contributed by atoms with Crippen molar-refractivity contribution in [3.8, 4) is 6.07 Å². The molecule has 0 amide bonds. The molecule has 0 bridgehead atoms. The summed E-state index contributed by atoms with van der Waals surface area (Å²) in [4.78, 5) is 9.37. The van der Waals surface area contributed by atoms with Gasteiger partial charge in [0.25, 0.3) is 0 Å². The van der Waals surface area contributed by atoms with E-state index in [2.05, 4.69) is 42.1 Å². The van der Waals surface area contributed by atoms with E-state index in [1.165, 1.54) is 11.1 Å². The van der Waals surface area contributed by atoms with Crippen molar-refractivity contribution in [3.63, 3.8) is 0 Å². The van der Waals surface area contributed by atoms with Crippen LogP contribution in [0, 0.1) is 11.3 Å². The maximum absolute atomic E-state index is 9.80. The Hall–Kier alpha value is -1.84. The van der Waals surface area contributed by atoms with Crippen molar-refractivity contribution in [1.82, 2.24) is 9.88 Å². The predicted molar refractivity (Wildman–Crippen MR) is 100 cm³/mol. The van der Waals surface area contributed by atoms with Gasteiger partial charge in [-0.3, -0.25) is 0 Å². The van der Waals surface area contributed by atoms with Gasteiger partial charge >= 0.3 is 0 Å². The van der Waals surface area contributed by atoms with Gasteiger partial charge in [0, 0.05) is 44.9 Å². The monoisotopic (exact) mass is 343 g/mol. The molecular weight excluding hydrogens is 314 g/mol. The zero-order valence-corrected chi connectivity index (χ0v) is 15.6. The fourth-order valence-electron chi connectivity index (χ4n) is 3.79. The van der Waals surface area contributed by atoms with E-state index in [-0.39, 0.29) is 6.10 Å². The van der Waals surface area contributed by atoms with Gasteiger partial charge in [-0.25, -0.2) is 4.98 Å². The topological polar surface area (TPSA) is 64.4 Å². The van der Waals surface area contributed by atoms with Gasteiger partial charge in [-0.2, -0.15) is 5.26 Å². The molecular formula is C19H29N5O. The number of anilines is 2. The van der Waals surface area contributed by atoms with Crippen LogP contribution in [-0.2, 0) is 17.7 Å². The molecule has 3 heterocycles. The molecule has 0 radical (unpaired) electrons. The zero-order valence-electron chi connectivity index (χ0n) is 15.6. The highest BCUT2D eigenvalue weighted by Crippen LogP contribution is 2.33. The van der Waals surface area contributed by atoms with Crippen molar-refractivity contribution in [1.29, 1.82) is 5.26 Å². The highest BCUT2D eigenvalue weighted by molar-refractivity contribution is 5.67. The van der Waals surface area contributed by atoms with Crippen LogP contribution >= 0.6 is 0 Å². The van der Waals surface area contributed by atoms with Gasteiger partial charge in [0.15, 0.2) is 0 Å². The van der Waals surface area contributed by atoms with Gasteiger partial charge in [0.05, 0.1) is 11.7 Å². The van der Waals surface area contributed by atoms with Crippen molar-refractivity contribution in [3.05, 3.63) is 16.7 Å². The standard InChI is InChI=1S/C19H29N5O/c1-4-24(5-2)19-16(11-20)15-8-9-23(3)13-17(15)18(22-19)21-12-14-7-6-10-25-14/h14H,4-10,12-13H2,1-3H3,(H,21,22). The van der Waals surface area contributed by atoms with Crippen LogP contribution in [-0.4, -0.2) is 55.8 Å². The first-order valence-corrected chi connectivity index (χ1v) is 9.42. The first-order chi connectivity index (χ1) is 12.2. The Bertz CT molecular complexity index is 644. The molecule has 25 heavy (non-hydrogen) atoms. The van der Waals surface area contributed by atoms with Crippen molar-refractivity contribution < 1.29 is 4.74 Å². The Morgan fingerprint density at radius 1 is 1.36 bits per heavy atom. The smallest absolute Gasteiger partial charge is 0.149 e. The van der Waals surface area contributed by atoms with Gasteiger partial charge < -0.3 is 19.9 Å². The van der Waals surface area contributed by atoms with E-state index in [0.29, 0.717) is 0 Å². The molecule has 0 aliphatic carbocycles. The molecule has 1 N–H and O–H groups in total. The molecule has 1 unspecified atom stereocenters. The van der Waals surface area contributed by atoms with E-state index < -0.39 is 0 Å².